The van der Waals surface area contributed by atoms with Crippen molar-refractivity contribution in [3.05, 3.63) is 35.9 Å². The topological polar surface area (TPSA) is 40.5 Å². The van der Waals surface area contributed by atoms with Gasteiger partial charge in [0.15, 0.2) is 0 Å². The molecule has 1 saturated carbocycles. The Kier molecular flexibility index (Phi) is 5.74. The molecule has 0 aliphatic heterocycles. The lowest BCUT2D eigenvalue weighted by atomic mass is 9.83. The first-order valence-corrected chi connectivity index (χ1v) is 7.63. The van der Waals surface area contributed by atoms with Crippen molar-refractivity contribution in [3.8, 4) is 0 Å². The van der Waals surface area contributed by atoms with E-state index in [2.05, 4.69) is 24.0 Å². The van der Waals surface area contributed by atoms with Gasteiger partial charge in [0, 0.05) is 18.7 Å². The summed E-state index contributed by atoms with van der Waals surface area (Å²) in [5.74, 6) is 0.301. The fraction of sp³-hybridized carbons (Fsp3) is 0.588. The molecule has 1 aliphatic rings. The number of carbonyl (C=O) groups excluding carboxylic acids is 1. The lowest BCUT2D eigenvalue weighted by molar-refractivity contribution is -0.110. The number of carbonyl (C=O) groups is 1. The normalized spacial score (nSPS) is 24.6. The van der Waals surface area contributed by atoms with Gasteiger partial charge in [-0.15, -0.1) is 0 Å². The maximum absolute atomic E-state index is 11.1. The molecule has 110 valence electrons. The third-order valence-electron chi connectivity index (χ3n) is 4.59. The molecule has 0 radical (unpaired) electrons. The van der Waals surface area contributed by atoms with Crippen LogP contribution in [0.25, 0.3) is 0 Å². The van der Waals surface area contributed by atoms with Crippen LogP contribution < -0.4 is 0 Å². The zero-order valence-electron chi connectivity index (χ0n) is 12.2. The lowest BCUT2D eigenvalue weighted by Crippen LogP contribution is -2.45. The first-order chi connectivity index (χ1) is 9.77. The van der Waals surface area contributed by atoms with Gasteiger partial charge in [-0.3, -0.25) is 4.90 Å². The first kappa shape index (κ1) is 15.2. The van der Waals surface area contributed by atoms with Crippen LogP contribution in [0.4, 0.5) is 0 Å². The van der Waals surface area contributed by atoms with Crippen LogP contribution in [0.1, 0.15) is 44.2 Å². The number of rotatable bonds is 6. The summed E-state index contributed by atoms with van der Waals surface area (Å²) in [6.45, 7) is 2.82. The summed E-state index contributed by atoms with van der Waals surface area (Å²) in [7, 11) is 0. The Labute approximate surface area is 121 Å². The summed E-state index contributed by atoms with van der Waals surface area (Å²) in [4.78, 5) is 13.4. The summed E-state index contributed by atoms with van der Waals surface area (Å²) < 4.78 is 0. The van der Waals surface area contributed by atoms with E-state index in [4.69, 9.17) is 0 Å². The largest absolute Gasteiger partial charge is 0.396 e. The summed E-state index contributed by atoms with van der Waals surface area (Å²) in [5, 5.41) is 9.62. The fourth-order valence-electron chi connectivity index (χ4n) is 3.43. The van der Waals surface area contributed by atoms with Gasteiger partial charge >= 0.3 is 0 Å². The van der Waals surface area contributed by atoms with E-state index in [0.717, 1.165) is 19.1 Å². The van der Waals surface area contributed by atoms with Gasteiger partial charge in [-0.25, -0.2) is 0 Å². The lowest BCUT2D eigenvalue weighted by Gasteiger charge is -2.42. The molecule has 3 atom stereocenters. The minimum Gasteiger partial charge on any atom is -0.396 e. The molecule has 1 fully saturated rings. The van der Waals surface area contributed by atoms with Gasteiger partial charge in [-0.2, -0.15) is 0 Å². The molecule has 0 saturated heterocycles. The zero-order valence-corrected chi connectivity index (χ0v) is 12.2. The fourth-order valence-corrected chi connectivity index (χ4v) is 3.43. The third-order valence-corrected chi connectivity index (χ3v) is 4.59. The van der Waals surface area contributed by atoms with Gasteiger partial charge < -0.3 is 9.90 Å². The third kappa shape index (κ3) is 3.47. The molecule has 3 nitrogen and oxygen atoms in total. The summed E-state index contributed by atoms with van der Waals surface area (Å²) in [6, 6.07) is 10.8. The minimum absolute atomic E-state index is 0.207. The van der Waals surface area contributed by atoms with Crippen LogP contribution in [-0.2, 0) is 4.79 Å². The maximum Gasteiger partial charge on any atom is 0.134 e. The van der Waals surface area contributed by atoms with Crippen molar-refractivity contribution in [1.82, 2.24) is 4.90 Å². The second-order valence-electron chi connectivity index (χ2n) is 5.74. The predicted octanol–water partition coefficient (Wildman–Crippen LogP) is 2.80. The van der Waals surface area contributed by atoms with Gasteiger partial charge in [-0.05, 0) is 31.2 Å². The van der Waals surface area contributed by atoms with Crippen LogP contribution in [0.5, 0.6) is 0 Å². The molecular weight excluding hydrogens is 250 g/mol. The number of aliphatic hydroxyl groups excluding tert-OH is 1. The Hall–Kier alpha value is -1.19. The number of nitrogens with zero attached hydrogens (tertiary/aromatic N) is 1. The number of hydrogen-bond donors (Lipinski definition) is 1. The molecule has 0 bridgehead atoms. The van der Waals surface area contributed by atoms with Gasteiger partial charge in [0.2, 0.25) is 0 Å². The SMILES string of the molecule is C[C@@H](c1ccccc1)N(CC=O)[C@H]1CCCC[C@@H]1CO. The highest BCUT2D eigenvalue weighted by molar-refractivity contribution is 5.52. The molecule has 0 unspecified atom stereocenters. The Balaban J connectivity index is 2.18. The molecule has 1 N–H and O–H groups in total. The van der Waals surface area contributed by atoms with E-state index < -0.39 is 0 Å². The molecule has 20 heavy (non-hydrogen) atoms. The zero-order chi connectivity index (χ0) is 14.4. The average Bonchev–Trinajstić information content (AvgIpc) is 2.53. The van der Waals surface area contributed by atoms with Crippen molar-refractivity contribution < 1.29 is 9.90 Å². The Morgan fingerprint density at radius 1 is 1.30 bits per heavy atom. The predicted molar refractivity (Wildman–Crippen MR) is 80.5 cm³/mol. The number of hydrogen-bond acceptors (Lipinski definition) is 3. The molecule has 0 aromatic heterocycles. The second kappa shape index (κ2) is 7.55. The van der Waals surface area contributed by atoms with Crippen molar-refractivity contribution >= 4 is 6.29 Å². The van der Waals surface area contributed by atoms with Crippen molar-refractivity contribution in [3.63, 3.8) is 0 Å². The van der Waals surface area contributed by atoms with Crippen LogP contribution in [0.3, 0.4) is 0 Å². The first-order valence-electron chi connectivity index (χ1n) is 7.63. The molecular formula is C17H25NO2. The second-order valence-corrected chi connectivity index (χ2v) is 5.74. The molecule has 3 heteroatoms. The maximum atomic E-state index is 11.1. The summed E-state index contributed by atoms with van der Waals surface area (Å²) >= 11 is 0. The van der Waals surface area contributed by atoms with Crippen molar-refractivity contribution in [2.24, 2.45) is 5.92 Å². The van der Waals surface area contributed by atoms with E-state index in [1.165, 1.54) is 18.4 Å². The van der Waals surface area contributed by atoms with E-state index in [1.54, 1.807) is 0 Å². The van der Waals surface area contributed by atoms with Gasteiger partial charge in [0.1, 0.15) is 6.29 Å². The van der Waals surface area contributed by atoms with Crippen LogP contribution >= 0.6 is 0 Å². The molecule has 0 heterocycles. The molecule has 1 aromatic carbocycles. The van der Waals surface area contributed by atoms with E-state index in [-0.39, 0.29) is 12.6 Å². The standard InChI is InChI=1S/C17H25NO2/c1-14(15-7-3-2-4-8-15)18(11-12-19)17-10-6-5-9-16(17)13-20/h2-4,7-8,12,14,16-17,20H,5-6,9-11,13H2,1H3/t14-,16+,17-/m0/s1. The highest BCUT2D eigenvalue weighted by Gasteiger charge is 2.32. The molecule has 1 aliphatic carbocycles. The number of aldehydes is 1. The molecule has 1 aromatic rings. The summed E-state index contributed by atoms with van der Waals surface area (Å²) in [6.07, 6.45) is 5.52. The van der Waals surface area contributed by atoms with E-state index in [1.807, 2.05) is 18.2 Å². The minimum atomic E-state index is 0.207. The molecule has 0 spiro atoms. The summed E-state index contributed by atoms with van der Waals surface area (Å²) in [5.41, 5.74) is 1.23. The Morgan fingerprint density at radius 2 is 2.00 bits per heavy atom. The molecule has 2 rings (SSSR count). The van der Waals surface area contributed by atoms with Crippen LogP contribution in [0.2, 0.25) is 0 Å². The number of benzene rings is 1. The van der Waals surface area contributed by atoms with Crippen LogP contribution in [0, 0.1) is 5.92 Å². The van der Waals surface area contributed by atoms with Crippen molar-refractivity contribution in [2.75, 3.05) is 13.2 Å². The van der Waals surface area contributed by atoms with Crippen LogP contribution in [-0.4, -0.2) is 35.5 Å². The highest BCUT2D eigenvalue weighted by atomic mass is 16.3. The van der Waals surface area contributed by atoms with Gasteiger partial charge in [-0.1, -0.05) is 43.2 Å². The van der Waals surface area contributed by atoms with E-state index >= 15 is 0 Å². The van der Waals surface area contributed by atoms with Crippen LogP contribution in [0.15, 0.2) is 30.3 Å². The van der Waals surface area contributed by atoms with Crippen molar-refractivity contribution in [1.29, 1.82) is 0 Å². The smallest absolute Gasteiger partial charge is 0.134 e. The monoisotopic (exact) mass is 275 g/mol. The van der Waals surface area contributed by atoms with Crippen molar-refractivity contribution in [2.45, 2.75) is 44.7 Å². The average molecular weight is 275 g/mol. The molecule has 0 amide bonds. The highest BCUT2D eigenvalue weighted by Crippen LogP contribution is 2.33. The number of aliphatic hydroxyl groups is 1. The van der Waals surface area contributed by atoms with E-state index in [9.17, 15) is 9.90 Å². The Morgan fingerprint density at radius 3 is 2.65 bits per heavy atom. The van der Waals surface area contributed by atoms with Gasteiger partial charge in [0.25, 0.3) is 0 Å². The Bertz CT molecular complexity index is 407. The van der Waals surface area contributed by atoms with Gasteiger partial charge in [0.05, 0.1) is 6.54 Å². The van der Waals surface area contributed by atoms with E-state index in [0.29, 0.717) is 18.5 Å². The quantitative estimate of drug-likeness (QED) is 0.812.